The summed E-state index contributed by atoms with van der Waals surface area (Å²) in [5.74, 6) is 0.220. The van der Waals surface area contributed by atoms with Gasteiger partial charge in [-0.05, 0) is 30.7 Å². The van der Waals surface area contributed by atoms with Crippen LogP contribution in [0.1, 0.15) is 12.5 Å². The zero-order valence-electron chi connectivity index (χ0n) is 8.84. The van der Waals surface area contributed by atoms with E-state index in [1.54, 1.807) is 43.3 Å². The second-order valence-electron chi connectivity index (χ2n) is 3.15. The van der Waals surface area contributed by atoms with Crippen LogP contribution in [0.3, 0.4) is 0 Å². The molecule has 0 fully saturated rings. The van der Waals surface area contributed by atoms with Gasteiger partial charge in [0.2, 0.25) is 0 Å². The normalized spacial score (nSPS) is 11.7. The van der Waals surface area contributed by atoms with Crippen LogP contribution in [0, 0.1) is 0 Å². The Morgan fingerprint density at radius 3 is 2.62 bits per heavy atom. The van der Waals surface area contributed by atoms with Crippen molar-refractivity contribution < 1.29 is 9.90 Å². The molecule has 4 N–H and O–H groups in total. The topological polar surface area (TPSA) is 87.7 Å². The number of nitrogens with one attached hydrogen (secondary N) is 1. The quantitative estimate of drug-likeness (QED) is 0.530. The summed E-state index contributed by atoms with van der Waals surface area (Å²) in [6, 6.07) is 6.01. The third-order valence-electron chi connectivity index (χ3n) is 1.75. The molecule has 1 aromatic carbocycles. The minimum Gasteiger partial charge on any atom is -0.508 e. The van der Waals surface area contributed by atoms with E-state index in [2.05, 4.69) is 10.5 Å². The van der Waals surface area contributed by atoms with E-state index in [4.69, 9.17) is 10.8 Å². The van der Waals surface area contributed by atoms with Crippen molar-refractivity contribution >= 4 is 17.8 Å². The van der Waals surface area contributed by atoms with Crippen molar-refractivity contribution in [1.82, 2.24) is 5.43 Å². The van der Waals surface area contributed by atoms with Gasteiger partial charge in [-0.1, -0.05) is 18.2 Å². The van der Waals surface area contributed by atoms with Gasteiger partial charge in [0.25, 0.3) is 0 Å². The molecule has 2 amide bonds. The maximum atomic E-state index is 10.4. The van der Waals surface area contributed by atoms with Crippen LogP contribution >= 0.6 is 0 Å². The summed E-state index contributed by atoms with van der Waals surface area (Å²) in [7, 11) is 0. The highest BCUT2D eigenvalue weighted by atomic mass is 16.3. The summed E-state index contributed by atoms with van der Waals surface area (Å²) in [4.78, 5) is 10.4. The van der Waals surface area contributed by atoms with Gasteiger partial charge in [0.1, 0.15) is 5.75 Å². The second kappa shape index (κ2) is 5.55. The number of hydrogen-bond acceptors (Lipinski definition) is 3. The van der Waals surface area contributed by atoms with E-state index in [0.29, 0.717) is 5.71 Å². The summed E-state index contributed by atoms with van der Waals surface area (Å²) in [6.07, 6.45) is 3.53. The lowest BCUT2D eigenvalue weighted by Crippen LogP contribution is -2.25. The minimum atomic E-state index is -0.697. The Kier molecular flexibility index (Phi) is 4.08. The maximum Gasteiger partial charge on any atom is 0.332 e. The molecule has 1 rings (SSSR count). The number of allylic oxidation sites excluding steroid dienone is 1. The first kappa shape index (κ1) is 11.8. The molecule has 0 radical (unpaired) electrons. The van der Waals surface area contributed by atoms with Gasteiger partial charge >= 0.3 is 6.03 Å². The Bertz CT molecular complexity index is 421. The van der Waals surface area contributed by atoms with Crippen molar-refractivity contribution in [2.24, 2.45) is 10.8 Å². The van der Waals surface area contributed by atoms with Crippen molar-refractivity contribution in [3.8, 4) is 5.75 Å². The highest BCUT2D eigenvalue weighted by Crippen LogP contribution is 2.10. The van der Waals surface area contributed by atoms with E-state index in [1.807, 2.05) is 0 Å². The predicted octanol–water partition coefficient (Wildman–Crippen LogP) is 1.45. The van der Waals surface area contributed by atoms with Crippen LogP contribution in [0.25, 0.3) is 6.08 Å². The van der Waals surface area contributed by atoms with E-state index in [1.165, 1.54) is 0 Å². The van der Waals surface area contributed by atoms with Crippen LogP contribution < -0.4 is 11.2 Å². The van der Waals surface area contributed by atoms with Gasteiger partial charge < -0.3 is 10.8 Å². The zero-order valence-corrected chi connectivity index (χ0v) is 8.84. The number of urea groups is 1. The lowest BCUT2D eigenvalue weighted by atomic mass is 10.2. The molecule has 0 aliphatic heterocycles. The van der Waals surface area contributed by atoms with Crippen LogP contribution in [-0.4, -0.2) is 16.8 Å². The molecule has 1 aromatic rings. The molecule has 0 heterocycles. The number of carbonyl (C=O) groups is 1. The first-order chi connectivity index (χ1) is 7.58. The first-order valence-electron chi connectivity index (χ1n) is 4.65. The van der Waals surface area contributed by atoms with Gasteiger partial charge in [0, 0.05) is 0 Å². The van der Waals surface area contributed by atoms with Gasteiger partial charge in [0.05, 0.1) is 5.71 Å². The monoisotopic (exact) mass is 219 g/mol. The highest BCUT2D eigenvalue weighted by molar-refractivity contribution is 5.96. The van der Waals surface area contributed by atoms with E-state index in [0.717, 1.165) is 5.56 Å². The van der Waals surface area contributed by atoms with Crippen LogP contribution in [0.2, 0.25) is 0 Å². The molecule has 0 spiro atoms. The van der Waals surface area contributed by atoms with Crippen molar-refractivity contribution in [1.29, 1.82) is 0 Å². The molecule has 0 unspecified atom stereocenters. The molecule has 0 saturated carbocycles. The number of nitrogens with zero attached hydrogens (tertiary/aromatic N) is 1. The van der Waals surface area contributed by atoms with Gasteiger partial charge in [-0.15, -0.1) is 0 Å². The number of hydrogen-bond donors (Lipinski definition) is 3. The lowest BCUT2D eigenvalue weighted by Gasteiger charge is -1.95. The summed E-state index contributed by atoms with van der Waals surface area (Å²) in [5.41, 5.74) is 8.52. The molecule has 0 saturated heterocycles. The standard InChI is InChI=1S/C11H13N3O2/c1-8(13-14-11(12)16)2-3-9-4-6-10(15)7-5-9/h2-7,15H,1H3,(H3,12,14,16)/b3-2-,13-8+. The molecule has 0 aliphatic carbocycles. The van der Waals surface area contributed by atoms with Gasteiger partial charge in [-0.3, -0.25) is 0 Å². The van der Waals surface area contributed by atoms with Gasteiger partial charge in [-0.25, -0.2) is 10.2 Å². The summed E-state index contributed by atoms with van der Waals surface area (Å²) >= 11 is 0. The summed E-state index contributed by atoms with van der Waals surface area (Å²) in [5, 5.41) is 12.8. The smallest absolute Gasteiger partial charge is 0.332 e. The Labute approximate surface area is 93.3 Å². The number of phenolic OH excluding ortho intramolecular Hbond substituents is 1. The molecule has 0 aromatic heterocycles. The zero-order chi connectivity index (χ0) is 12.0. The molecular weight excluding hydrogens is 206 g/mol. The first-order valence-corrected chi connectivity index (χ1v) is 4.65. The second-order valence-corrected chi connectivity index (χ2v) is 3.15. The molecule has 0 aliphatic rings. The molecule has 5 heteroatoms. The molecule has 0 atom stereocenters. The van der Waals surface area contributed by atoms with Crippen LogP contribution in [0.4, 0.5) is 4.79 Å². The fourth-order valence-corrected chi connectivity index (χ4v) is 0.983. The largest absolute Gasteiger partial charge is 0.508 e. The SMILES string of the molecule is CC(/C=C\c1ccc(O)cc1)=N\NC(N)=O. The van der Waals surface area contributed by atoms with Crippen molar-refractivity contribution in [3.05, 3.63) is 35.9 Å². The number of phenols is 1. The fraction of sp³-hybridized carbons (Fsp3) is 0.0909. The maximum absolute atomic E-state index is 10.4. The highest BCUT2D eigenvalue weighted by Gasteiger charge is 1.90. The molecule has 5 nitrogen and oxygen atoms in total. The number of primary amides is 1. The van der Waals surface area contributed by atoms with Crippen LogP contribution in [0.15, 0.2) is 35.4 Å². The van der Waals surface area contributed by atoms with Crippen molar-refractivity contribution in [3.63, 3.8) is 0 Å². The van der Waals surface area contributed by atoms with E-state index in [-0.39, 0.29) is 5.75 Å². The Morgan fingerprint density at radius 1 is 1.44 bits per heavy atom. The van der Waals surface area contributed by atoms with Crippen molar-refractivity contribution in [2.45, 2.75) is 6.92 Å². The Balaban J connectivity index is 2.62. The van der Waals surface area contributed by atoms with Crippen LogP contribution in [0.5, 0.6) is 5.75 Å². The van der Waals surface area contributed by atoms with Gasteiger partial charge in [0.15, 0.2) is 0 Å². The Hall–Kier alpha value is -2.30. The minimum absolute atomic E-state index is 0.220. The predicted molar refractivity (Wildman–Crippen MR) is 63.0 cm³/mol. The van der Waals surface area contributed by atoms with E-state index >= 15 is 0 Å². The molecule has 16 heavy (non-hydrogen) atoms. The van der Waals surface area contributed by atoms with Gasteiger partial charge in [-0.2, -0.15) is 5.10 Å². The number of carbonyl (C=O) groups excluding carboxylic acids is 1. The number of amides is 2. The fourth-order valence-electron chi connectivity index (χ4n) is 0.983. The molecule has 0 bridgehead atoms. The summed E-state index contributed by atoms with van der Waals surface area (Å²) in [6.45, 7) is 1.73. The van der Waals surface area contributed by atoms with E-state index < -0.39 is 6.03 Å². The third kappa shape index (κ3) is 4.28. The summed E-state index contributed by atoms with van der Waals surface area (Å²) < 4.78 is 0. The van der Waals surface area contributed by atoms with Crippen LogP contribution in [-0.2, 0) is 0 Å². The lowest BCUT2D eigenvalue weighted by molar-refractivity contribution is 0.249. The molecular formula is C11H13N3O2. The number of benzene rings is 1. The van der Waals surface area contributed by atoms with Crippen molar-refractivity contribution in [2.75, 3.05) is 0 Å². The number of nitrogens with two attached hydrogens (primary N) is 1. The third-order valence-corrected chi connectivity index (χ3v) is 1.75. The number of aromatic hydroxyl groups is 1. The average molecular weight is 219 g/mol. The molecule has 84 valence electrons. The number of hydrazone groups is 1. The average Bonchev–Trinajstić information content (AvgIpc) is 2.25. The number of rotatable bonds is 3. The van der Waals surface area contributed by atoms with E-state index in [9.17, 15) is 4.79 Å². The Morgan fingerprint density at radius 2 is 2.06 bits per heavy atom.